The predicted octanol–water partition coefficient (Wildman–Crippen LogP) is 0.344. The molecule has 0 heterocycles. The zero-order valence-electron chi connectivity index (χ0n) is 5.59. The third kappa shape index (κ3) is 19.1. The average molecular weight is 132 g/mol. The second-order valence-corrected chi connectivity index (χ2v) is 1.06. The molecule has 3 heteroatoms. The highest BCUT2D eigenvalue weighted by Crippen LogP contribution is 1.71. The van der Waals surface area contributed by atoms with Gasteiger partial charge in [0.15, 0.2) is 0 Å². The van der Waals surface area contributed by atoms with Crippen LogP contribution >= 0.6 is 0 Å². The maximum atomic E-state index is 9.87. The molecule has 0 saturated carbocycles. The van der Waals surface area contributed by atoms with E-state index in [1.807, 2.05) is 0 Å². The van der Waals surface area contributed by atoms with Crippen LogP contribution in [0.15, 0.2) is 13.2 Å². The third-order valence-electron chi connectivity index (χ3n) is 0.397. The summed E-state index contributed by atoms with van der Waals surface area (Å²) >= 11 is 0. The van der Waals surface area contributed by atoms with Crippen LogP contribution in [-0.4, -0.2) is 24.3 Å². The summed E-state index contributed by atoms with van der Waals surface area (Å²) < 4.78 is 4.30. The Morgan fingerprint density at radius 2 is 2.11 bits per heavy atom. The molecule has 1 N–H and O–H groups in total. The summed E-state index contributed by atoms with van der Waals surface area (Å²) in [4.78, 5) is 9.87. The van der Waals surface area contributed by atoms with E-state index in [9.17, 15) is 4.79 Å². The predicted molar refractivity (Wildman–Crippen MR) is 35.0 cm³/mol. The molecule has 0 aliphatic rings. The number of carbonyl (C=O) groups excluding carboxylic acids is 1. The first kappa shape index (κ1) is 11.0. The van der Waals surface area contributed by atoms with E-state index in [1.54, 1.807) is 0 Å². The summed E-state index contributed by atoms with van der Waals surface area (Å²) in [6.07, 6.45) is 0. The lowest BCUT2D eigenvalue weighted by Gasteiger charge is -1.93. The van der Waals surface area contributed by atoms with Gasteiger partial charge in [-0.3, -0.25) is 4.79 Å². The first-order chi connectivity index (χ1) is 4.27. The fourth-order valence-corrected chi connectivity index (χ4v) is 0.189. The van der Waals surface area contributed by atoms with Crippen LogP contribution in [0.3, 0.4) is 0 Å². The fraction of sp³-hybridized carbons (Fsp3) is 0.500. The van der Waals surface area contributed by atoms with Crippen LogP contribution < -0.4 is 0 Å². The Morgan fingerprint density at radius 3 is 2.22 bits per heavy atom. The van der Waals surface area contributed by atoms with Gasteiger partial charge in [0.05, 0.1) is 6.61 Å². The van der Waals surface area contributed by atoms with E-state index in [-0.39, 0.29) is 19.2 Å². The van der Waals surface area contributed by atoms with Gasteiger partial charge in [-0.25, -0.2) is 0 Å². The maximum Gasteiger partial charge on any atom is 0.302 e. The van der Waals surface area contributed by atoms with Gasteiger partial charge in [0, 0.05) is 6.92 Å². The molecule has 0 radical (unpaired) electrons. The monoisotopic (exact) mass is 132 g/mol. The van der Waals surface area contributed by atoms with Crippen molar-refractivity contribution in [1.29, 1.82) is 0 Å². The highest BCUT2D eigenvalue weighted by atomic mass is 16.5. The number of rotatable bonds is 2. The quantitative estimate of drug-likeness (QED) is 0.435. The van der Waals surface area contributed by atoms with Gasteiger partial charge in [0.2, 0.25) is 0 Å². The molecule has 0 fully saturated rings. The van der Waals surface area contributed by atoms with Crippen LogP contribution in [0.4, 0.5) is 0 Å². The van der Waals surface area contributed by atoms with Crippen LogP contribution in [0.25, 0.3) is 0 Å². The third-order valence-corrected chi connectivity index (χ3v) is 0.397. The van der Waals surface area contributed by atoms with E-state index in [4.69, 9.17) is 5.11 Å². The van der Waals surface area contributed by atoms with Gasteiger partial charge in [-0.05, 0) is 0 Å². The normalized spacial score (nSPS) is 6.89. The van der Waals surface area contributed by atoms with Gasteiger partial charge < -0.3 is 9.84 Å². The Hall–Kier alpha value is -0.830. The van der Waals surface area contributed by atoms with Crippen molar-refractivity contribution in [3.8, 4) is 0 Å². The Bertz CT molecular complexity index is 70.7. The first-order valence-electron chi connectivity index (χ1n) is 2.51. The molecule has 0 rings (SSSR count). The molecule has 0 aromatic carbocycles. The largest absolute Gasteiger partial charge is 0.463 e. The molecule has 0 spiro atoms. The lowest BCUT2D eigenvalue weighted by Crippen LogP contribution is -2.03. The highest BCUT2D eigenvalue weighted by molar-refractivity contribution is 5.65. The number of hydrogen-bond acceptors (Lipinski definition) is 3. The Kier molecular flexibility index (Phi) is 12.5. The minimum absolute atomic E-state index is 0.0976. The number of ether oxygens (including phenoxy) is 1. The van der Waals surface area contributed by atoms with Crippen LogP contribution in [0.1, 0.15) is 6.92 Å². The molecule has 9 heavy (non-hydrogen) atoms. The summed E-state index contributed by atoms with van der Waals surface area (Å²) in [6.45, 7) is 7.31. The molecule has 0 bridgehead atoms. The SMILES string of the molecule is C=C.CC(=O)OCCO. The van der Waals surface area contributed by atoms with Gasteiger partial charge in [0.25, 0.3) is 0 Å². The topological polar surface area (TPSA) is 46.5 Å². The van der Waals surface area contributed by atoms with Crippen LogP contribution in [0.2, 0.25) is 0 Å². The van der Waals surface area contributed by atoms with Gasteiger partial charge >= 0.3 is 5.97 Å². The van der Waals surface area contributed by atoms with Gasteiger partial charge in [0.1, 0.15) is 6.61 Å². The number of aliphatic hydroxyl groups excluding tert-OH is 1. The molecule has 54 valence electrons. The van der Waals surface area contributed by atoms with Crippen LogP contribution in [-0.2, 0) is 9.53 Å². The lowest BCUT2D eigenvalue weighted by molar-refractivity contribution is -0.141. The molecule has 0 atom stereocenters. The van der Waals surface area contributed by atoms with Crippen molar-refractivity contribution in [2.75, 3.05) is 13.2 Å². The molecule has 0 unspecified atom stereocenters. The van der Waals surface area contributed by atoms with E-state index >= 15 is 0 Å². The van der Waals surface area contributed by atoms with Gasteiger partial charge in [-0.1, -0.05) is 0 Å². The van der Waals surface area contributed by atoms with Crippen LogP contribution in [0.5, 0.6) is 0 Å². The van der Waals surface area contributed by atoms with Crippen molar-refractivity contribution in [3.05, 3.63) is 13.2 Å². The fourth-order valence-electron chi connectivity index (χ4n) is 0.189. The zero-order chi connectivity index (χ0) is 7.70. The summed E-state index contributed by atoms with van der Waals surface area (Å²) in [5, 5.41) is 8.04. The molecule has 0 aromatic rings. The minimum atomic E-state index is -0.353. The van der Waals surface area contributed by atoms with E-state index in [2.05, 4.69) is 17.9 Å². The van der Waals surface area contributed by atoms with Crippen molar-refractivity contribution < 1.29 is 14.6 Å². The van der Waals surface area contributed by atoms with Crippen molar-refractivity contribution >= 4 is 5.97 Å². The van der Waals surface area contributed by atoms with E-state index in [0.29, 0.717) is 0 Å². The van der Waals surface area contributed by atoms with Gasteiger partial charge in [-0.15, -0.1) is 13.2 Å². The zero-order valence-corrected chi connectivity index (χ0v) is 5.59. The second kappa shape index (κ2) is 10.2. The summed E-state index contributed by atoms with van der Waals surface area (Å²) in [5.74, 6) is -0.353. The summed E-state index contributed by atoms with van der Waals surface area (Å²) in [5.41, 5.74) is 0. The Balaban J connectivity index is 0. The molecular weight excluding hydrogens is 120 g/mol. The van der Waals surface area contributed by atoms with Gasteiger partial charge in [-0.2, -0.15) is 0 Å². The second-order valence-electron chi connectivity index (χ2n) is 1.06. The average Bonchev–Trinajstić information content (AvgIpc) is 1.88. The molecule has 0 aromatic heterocycles. The summed E-state index contributed by atoms with van der Waals surface area (Å²) in [7, 11) is 0. The van der Waals surface area contributed by atoms with Crippen molar-refractivity contribution in [3.63, 3.8) is 0 Å². The van der Waals surface area contributed by atoms with E-state index < -0.39 is 0 Å². The molecule has 0 saturated heterocycles. The molecule has 0 aliphatic carbocycles. The standard InChI is InChI=1S/C4H8O3.C2H4/c1-4(6)7-3-2-5;1-2/h5H,2-3H2,1H3;1-2H2. The summed E-state index contributed by atoms with van der Waals surface area (Å²) in [6, 6.07) is 0. The minimum Gasteiger partial charge on any atom is -0.463 e. The van der Waals surface area contributed by atoms with Crippen molar-refractivity contribution in [2.45, 2.75) is 6.92 Å². The van der Waals surface area contributed by atoms with E-state index in [1.165, 1.54) is 6.92 Å². The van der Waals surface area contributed by atoms with Crippen LogP contribution in [0, 0.1) is 0 Å². The molecule has 0 amide bonds. The smallest absolute Gasteiger partial charge is 0.302 e. The Labute approximate surface area is 54.9 Å². The lowest BCUT2D eigenvalue weighted by atomic mass is 10.7. The number of aliphatic hydroxyl groups is 1. The molecule has 3 nitrogen and oxygen atoms in total. The first-order valence-corrected chi connectivity index (χ1v) is 2.51. The number of carbonyl (C=O) groups is 1. The van der Waals surface area contributed by atoms with Crippen molar-refractivity contribution in [1.82, 2.24) is 0 Å². The molecule has 0 aliphatic heterocycles. The molecular formula is C6H12O3. The maximum absolute atomic E-state index is 9.87. The highest BCUT2D eigenvalue weighted by Gasteiger charge is 1.86. The number of esters is 1. The van der Waals surface area contributed by atoms with Crippen molar-refractivity contribution in [2.24, 2.45) is 0 Å². The van der Waals surface area contributed by atoms with E-state index in [0.717, 1.165) is 0 Å². The number of hydrogen-bond donors (Lipinski definition) is 1. The Morgan fingerprint density at radius 1 is 1.67 bits per heavy atom.